The van der Waals surface area contributed by atoms with Crippen LogP contribution < -0.4 is 5.48 Å². The lowest BCUT2D eigenvalue weighted by molar-refractivity contribution is -0.146. The highest BCUT2D eigenvalue weighted by molar-refractivity contribution is 5.87. The highest BCUT2D eigenvalue weighted by atomic mass is 16.6. The van der Waals surface area contributed by atoms with Crippen molar-refractivity contribution in [3.05, 3.63) is 64.7 Å². The minimum absolute atomic E-state index is 0.0559. The van der Waals surface area contributed by atoms with Crippen molar-refractivity contribution < 1.29 is 29.4 Å². The van der Waals surface area contributed by atoms with Crippen LogP contribution in [0.3, 0.4) is 0 Å². The lowest BCUT2D eigenvalue weighted by atomic mass is 9.74. The molecule has 0 saturated carbocycles. The molecule has 0 spiro atoms. The molecular weight excluding hydrogens is 398 g/mol. The summed E-state index contributed by atoms with van der Waals surface area (Å²) in [7, 11) is 0. The third kappa shape index (κ3) is 4.59. The summed E-state index contributed by atoms with van der Waals surface area (Å²) < 4.78 is 0. The van der Waals surface area contributed by atoms with Gasteiger partial charge in [-0.3, -0.25) is 14.4 Å². The highest BCUT2D eigenvalue weighted by Gasteiger charge is 2.41. The Kier molecular flexibility index (Phi) is 6.41. The van der Waals surface area contributed by atoms with E-state index in [1.54, 1.807) is 20.8 Å². The molecule has 0 bridgehead atoms. The van der Waals surface area contributed by atoms with Crippen LogP contribution in [0.4, 0.5) is 0 Å². The number of hydrogen-bond donors (Lipinski definition) is 3. The fraction of sp³-hybridized carbons (Fsp3) is 0.333. The van der Waals surface area contributed by atoms with Crippen molar-refractivity contribution >= 4 is 17.9 Å². The first kappa shape index (κ1) is 22.4. The molecule has 162 valence electrons. The average molecular weight is 423 g/mol. The standard InChI is InChI=1S/C24H25NO6/c1-24(2,3)20(22(27)28)19(12-26)21(23(29)30)25-31-13-15-8-6-10-17-16-9-5-4-7-14(16)11-18(15)17/h4-10,20-21,25H,11,13H2,1-3H3,(H,27,28)(H,29,30)/t20?,21-/m0/s1. The third-order valence-corrected chi connectivity index (χ3v) is 5.48. The number of hydrogen-bond acceptors (Lipinski definition) is 5. The maximum absolute atomic E-state index is 11.8. The molecule has 7 heteroatoms. The summed E-state index contributed by atoms with van der Waals surface area (Å²) in [4.78, 5) is 40.6. The van der Waals surface area contributed by atoms with Crippen molar-refractivity contribution in [3.8, 4) is 11.1 Å². The molecular formula is C24H25NO6. The molecule has 0 radical (unpaired) electrons. The summed E-state index contributed by atoms with van der Waals surface area (Å²) in [5.74, 6) is -2.51. The van der Waals surface area contributed by atoms with Crippen molar-refractivity contribution in [2.24, 2.45) is 11.3 Å². The molecule has 2 aromatic rings. The number of carbonyl (C=O) groups is 2. The first-order valence-electron chi connectivity index (χ1n) is 9.92. The van der Waals surface area contributed by atoms with E-state index in [1.807, 2.05) is 30.3 Å². The summed E-state index contributed by atoms with van der Waals surface area (Å²) >= 11 is 0. The summed E-state index contributed by atoms with van der Waals surface area (Å²) in [6, 6.07) is 12.3. The summed E-state index contributed by atoms with van der Waals surface area (Å²) in [5, 5.41) is 19.2. The van der Waals surface area contributed by atoms with Crippen molar-refractivity contribution in [1.29, 1.82) is 0 Å². The van der Waals surface area contributed by atoms with Crippen LogP contribution in [-0.4, -0.2) is 34.1 Å². The SMILES string of the molecule is CC(C)(C)C(C(=O)O)C(=C=O)[C@H](NOCc1cccc2c1Cc1ccccc1-2)C(=O)O. The molecule has 3 rings (SSSR count). The molecule has 1 unspecified atom stereocenters. The van der Waals surface area contributed by atoms with Gasteiger partial charge >= 0.3 is 11.9 Å². The van der Waals surface area contributed by atoms with Crippen LogP contribution >= 0.6 is 0 Å². The molecule has 7 nitrogen and oxygen atoms in total. The van der Waals surface area contributed by atoms with Gasteiger partial charge in [-0.25, -0.2) is 4.79 Å². The third-order valence-electron chi connectivity index (χ3n) is 5.48. The number of benzene rings is 2. The van der Waals surface area contributed by atoms with Gasteiger partial charge < -0.3 is 10.2 Å². The van der Waals surface area contributed by atoms with Gasteiger partial charge in [0.15, 0.2) is 6.04 Å². The molecule has 0 aliphatic heterocycles. The number of carboxylic acids is 2. The Bertz CT molecular complexity index is 1060. The van der Waals surface area contributed by atoms with Gasteiger partial charge in [0.25, 0.3) is 0 Å². The van der Waals surface area contributed by atoms with Crippen LogP contribution in [0.5, 0.6) is 0 Å². The van der Waals surface area contributed by atoms with E-state index in [-0.39, 0.29) is 6.61 Å². The van der Waals surface area contributed by atoms with E-state index in [9.17, 15) is 24.6 Å². The topological polar surface area (TPSA) is 113 Å². The van der Waals surface area contributed by atoms with Gasteiger partial charge in [-0.2, -0.15) is 5.48 Å². The van der Waals surface area contributed by atoms with Crippen LogP contribution in [0.15, 0.2) is 48.0 Å². The Hall–Kier alpha value is -3.25. The number of carbonyl (C=O) groups excluding carboxylic acids is 1. The van der Waals surface area contributed by atoms with Gasteiger partial charge in [-0.1, -0.05) is 63.2 Å². The normalized spacial score (nSPS) is 14.2. The largest absolute Gasteiger partial charge is 0.481 e. The van der Waals surface area contributed by atoms with Crippen molar-refractivity contribution in [1.82, 2.24) is 5.48 Å². The average Bonchev–Trinajstić information content (AvgIpc) is 3.07. The Morgan fingerprint density at radius 3 is 2.35 bits per heavy atom. The molecule has 3 N–H and O–H groups in total. The fourth-order valence-electron chi connectivity index (χ4n) is 4.06. The zero-order chi connectivity index (χ0) is 22.8. The molecule has 0 heterocycles. The predicted octanol–water partition coefficient (Wildman–Crippen LogP) is 3.24. The lowest BCUT2D eigenvalue weighted by Crippen LogP contribution is -2.45. The van der Waals surface area contributed by atoms with E-state index < -0.39 is 34.9 Å². The molecule has 1 aliphatic carbocycles. The predicted molar refractivity (Wildman–Crippen MR) is 114 cm³/mol. The van der Waals surface area contributed by atoms with E-state index in [0.717, 1.165) is 28.7 Å². The number of fused-ring (bicyclic) bond motifs is 3. The van der Waals surface area contributed by atoms with Gasteiger partial charge in [0.2, 0.25) is 0 Å². The molecule has 2 atom stereocenters. The van der Waals surface area contributed by atoms with Crippen molar-refractivity contribution in [2.45, 2.75) is 39.8 Å². The first-order chi connectivity index (χ1) is 14.6. The van der Waals surface area contributed by atoms with Crippen molar-refractivity contribution in [2.75, 3.05) is 0 Å². The second-order valence-corrected chi connectivity index (χ2v) is 8.65. The van der Waals surface area contributed by atoms with Gasteiger partial charge in [-0.15, -0.1) is 0 Å². The molecule has 1 aliphatic rings. The molecule has 0 saturated heterocycles. The van der Waals surface area contributed by atoms with Crippen LogP contribution in [0.1, 0.15) is 37.5 Å². The Morgan fingerprint density at radius 1 is 1.06 bits per heavy atom. The zero-order valence-corrected chi connectivity index (χ0v) is 17.6. The maximum atomic E-state index is 11.8. The molecule has 0 fully saturated rings. The second-order valence-electron chi connectivity index (χ2n) is 8.65. The van der Waals surface area contributed by atoms with Gasteiger partial charge in [0.1, 0.15) is 5.94 Å². The first-order valence-corrected chi connectivity index (χ1v) is 9.92. The Balaban J connectivity index is 1.78. The van der Waals surface area contributed by atoms with Gasteiger partial charge in [-0.05, 0) is 39.7 Å². The van der Waals surface area contributed by atoms with Crippen LogP contribution in [-0.2, 0) is 32.2 Å². The number of nitrogens with one attached hydrogen (secondary N) is 1. The number of rotatable bonds is 8. The van der Waals surface area contributed by atoms with E-state index in [2.05, 4.69) is 17.6 Å². The van der Waals surface area contributed by atoms with E-state index in [0.29, 0.717) is 0 Å². The van der Waals surface area contributed by atoms with Gasteiger partial charge in [0.05, 0.1) is 18.1 Å². The number of carboxylic acid groups (broad SMARTS) is 2. The number of aliphatic carboxylic acids is 2. The van der Waals surface area contributed by atoms with E-state index in [1.165, 1.54) is 11.5 Å². The van der Waals surface area contributed by atoms with Crippen LogP contribution in [0, 0.1) is 11.3 Å². The quantitative estimate of drug-likeness (QED) is 0.377. The second kappa shape index (κ2) is 8.86. The Labute approximate surface area is 180 Å². The van der Waals surface area contributed by atoms with Crippen LogP contribution in [0.25, 0.3) is 11.1 Å². The summed E-state index contributed by atoms with van der Waals surface area (Å²) in [6.45, 7) is 4.91. The van der Waals surface area contributed by atoms with E-state index in [4.69, 9.17) is 4.84 Å². The van der Waals surface area contributed by atoms with Crippen molar-refractivity contribution in [3.63, 3.8) is 0 Å². The van der Waals surface area contributed by atoms with E-state index >= 15 is 0 Å². The molecule has 0 amide bonds. The zero-order valence-electron chi connectivity index (χ0n) is 17.6. The minimum Gasteiger partial charge on any atom is -0.481 e. The maximum Gasteiger partial charge on any atom is 0.328 e. The fourth-order valence-corrected chi connectivity index (χ4v) is 4.06. The van der Waals surface area contributed by atoms with Gasteiger partial charge in [0, 0.05) is 0 Å². The van der Waals surface area contributed by atoms with Crippen LogP contribution in [0.2, 0.25) is 0 Å². The summed E-state index contributed by atoms with van der Waals surface area (Å²) in [6.07, 6.45) is 0.748. The number of hydroxylamine groups is 1. The summed E-state index contributed by atoms with van der Waals surface area (Å²) in [5.41, 5.74) is 6.53. The Morgan fingerprint density at radius 2 is 1.74 bits per heavy atom. The monoisotopic (exact) mass is 423 g/mol. The molecule has 0 aromatic heterocycles. The lowest BCUT2D eigenvalue weighted by Gasteiger charge is -2.30. The molecule has 2 aromatic carbocycles. The smallest absolute Gasteiger partial charge is 0.328 e. The molecule has 31 heavy (non-hydrogen) atoms. The highest BCUT2D eigenvalue weighted by Crippen LogP contribution is 2.38. The minimum atomic E-state index is -1.63.